The summed E-state index contributed by atoms with van der Waals surface area (Å²) in [6.45, 7) is 6.57. The number of hydrogen-bond acceptors (Lipinski definition) is 2. The average Bonchev–Trinajstić information content (AvgIpc) is 2.56. The minimum Gasteiger partial charge on any atom is -0.315 e. The first-order chi connectivity index (χ1) is 8.52. The minimum atomic E-state index is 0.0202. The predicted molar refractivity (Wildman–Crippen MR) is 73.4 cm³/mol. The van der Waals surface area contributed by atoms with Crippen LogP contribution in [0.15, 0.2) is 23.0 Å². The molecular weight excluding hydrogens is 226 g/mol. The maximum absolute atomic E-state index is 12.3. The van der Waals surface area contributed by atoms with Crippen molar-refractivity contribution in [3.05, 3.63) is 50.9 Å². The molecule has 2 aromatic rings. The quantitative estimate of drug-likeness (QED) is 0.866. The highest BCUT2D eigenvalue weighted by atomic mass is 16.1. The Morgan fingerprint density at radius 3 is 2.33 bits per heavy atom. The van der Waals surface area contributed by atoms with Gasteiger partial charge in [-0.15, -0.1) is 0 Å². The molecule has 0 radical (unpaired) electrons. The van der Waals surface area contributed by atoms with Gasteiger partial charge in [-0.2, -0.15) is 0 Å². The van der Waals surface area contributed by atoms with E-state index in [1.54, 1.807) is 4.68 Å². The van der Waals surface area contributed by atoms with Gasteiger partial charge in [-0.05, 0) is 51.1 Å². The number of hydrogen-bond donors (Lipinski definition) is 2. The second kappa shape index (κ2) is 4.82. The lowest BCUT2D eigenvalue weighted by molar-refractivity contribution is 0.801. The molecule has 0 saturated heterocycles. The first-order valence-electron chi connectivity index (χ1n) is 6.06. The van der Waals surface area contributed by atoms with Gasteiger partial charge in [0.2, 0.25) is 0 Å². The summed E-state index contributed by atoms with van der Waals surface area (Å²) in [4.78, 5) is 12.3. The lowest BCUT2D eigenvalue weighted by Gasteiger charge is -2.05. The van der Waals surface area contributed by atoms with Crippen LogP contribution in [0.5, 0.6) is 0 Å². The molecule has 1 heterocycles. The Morgan fingerprint density at radius 1 is 1.17 bits per heavy atom. The fourth-order valence-electron chi connectivity index (χ4n) is 2.23. The third kappa shape index (κ3) is 2.24. The lowest BCUT2D eigenvalue weighted by Crippen LogP contribution is -2.20. The normalized spacial score (nSPS) is 10.9. The van der Waals surface area contributed by atoms with Gasteiger partial charge < -0.3 is 5.32 Å². The van der Waals surface area contributed by atoms with E-state index >= 15 is 0 Å². The van der Waals surface area contributed by atoms with E-state index in [0.717, 1.165) is 28.1 Å². The summed E-state index contributed by atoms with van der Waals surface area (Å²) in [5.74, 6) is 0. The molecule has 0 aliphatic rings. The number of aromatic nitrogens is 2. The molecule has 4 heteroatoms. The number of benzene rings is 1. The highest BCUT2D eigenvalue weighted by molar-refractivity contribution is 5.39. The smallest absolute Gasteiger partial charge is 0.275 e. The molecule has 2 N–H and O–H groups in total. The number of rotatable bonds is 3. The fraction of sp³-hybridized carbons (Fsp3) is 0.357. The summed E-state index contributed by atoms with van der Waals surface area (Å²) < 4.78 is 1.61. The highest BCUT2D eigenvalue weighted by Gasteiger charge is 2.11. The zero-order valence-electron chi connectivity index (χ0n) is 11.3. The molecule has 1 aromatic carbocycles. The van der Waals surface area contributed by atoms with Gasteiger partial charge in [-0.1, -0.05) is 6.07 Å². The summed E-state index contributed by atoms with van der Waals surface area (Å²) in [7, 11) is 1.84. The molecule has 0 aliphatic heterocycles. The molecule has 0 atom stereocenters. The van der Waals surface area contributed by atoms with Gasteiger partial charge in [0.15, 0.2) is 0 Å². The Hall–Kier alpha value is -1.81. The summed E-state index contributed by atoms with van der Waals surface area (Å²) in [5, 5.41) is 6.15. The van der Waals surface area contributed by atoms with Crippen molar-refractivity contribution in [2.75, 3.05) is 7.05 Å². The lowest BCUT2D eigenvalue weighted by atomic mass is 10.1. The first-order valence-corrected chi connectivity index (χ1v) is 6.06. The molecule has 96 valence electrons. The summed E-state index contributed by atoms with van der Waals surface area (Å²) in [6.07, 6.45) is 0. The van der Waals surface area contributed by atoms with Crippen molar-refractivity contribution < 1.29 is 0 Å². The van der Waals surface area contributed by atoms with E-state index in [9.17, 15) is 4.79 Å². The topological polar surface area (TPSA) is 49.8 Å². The van der Waals surface area contributed by atoms with E-state index in [2.05, 4.69) is 16.5 Å². The van der Waals surface area contributed by atoms with Crippen LogP contribution in [0.2, 0.25) is 0 Å². The van der Waals surface area contributed by atoms with Gasteiger partial charge in [0.25, 0.3) is 5.56 Å². The Balaban J connectivity index is 2.58. The SMILES string of the molecule is CNCc1c(C)[nH]n(-c2cc(C)cc(C)c2)c1=O. The molecule has 0 spiro atoms. The van der Waals surface area contributed by atoms with Crippen LogP contribution in [0.25, 0.3) is 5.69 Å². The van der Waals surface area contributed by atoms with Crippen LogP contribution in [-0.2, 0) is 6.54 Å². The number of nitrogens with zero attached hydrogens (tertiary/aromatic N) is 1. The van der Waals surface area contributed by atoms with E-state index in [1.807, 2.05) is 40.0 Å². The van der Waals surface area contributed by atoms with Gasteiger partial charge >= 0.3 is 0 Å². The average molecular weight is 245 g/mol. The van der Waals surface area contributed by atoms with E-state index in [1.165, 1.54) is 0 Å². The molecule has 0 bridgehead atoms. The van der Waals surface area contributed by atoms with Crippen molar-refractivity contribution in [2.45, 2.75) is 27.3 Å². The monoisotopic (exact) mass is 245 g/mol. The van der Waals surface area contributed by atoms with Gasteiger partial charge in [-0.3, -0.25) is 9.89 Å². The molecule has 18 heavy (non-hydrogen) atoms. The second-order valence-electron chi connectivity index (χ2n) is 4.73. The van der Waals surface area contributed by atoms with Crippen molar-refractivity contribution in [3.63, 3.8) is 0 Å². The highest BCUT2D eigenvalue weighted by Crippen LogP contribution is 2.12. The van der Waals surface area contributed by atoms with Crippen LogP contribution < -0.4 is 10.9 Å². The van der Waals surface area contributed by atoms with Crippen molar-refractivity contribution in [3.8, 4) is 5.69 Å². The molecule has 0 fully saturated rings. The molecule has 4 nitrogen and oxygen atoms in total. The van der Waals surface area contributed by atoms with Crippen LogP contribution in [0, 0.1) is 20.8 Å². The molecule has 0 unspecified atom stereocenters. The minimum absolute atomic E-state index is 0.0202. The van der Waals surface area contributed by atoms with Crippen LogP contribution >= 0.6 is 0 Å². The molecule has 2 rings (SSSR count). The van der Waals surface area contributed by atoms with Crippen molar-refractivity contribution in [2.24, 2.45) is 0 Å². The van der Waals surface area contributed by atoms with E-state index < -0.39 is 0 Å². The molecule has 0 aliphatic carbocycles. The number of aryl methyl sites for hydroxylation is 3. The molecule has 0 amide bonds. The van der Waals surface area contributed by atoms with Crippen molar-refractivity contribution >= 4 is 0 Å². The first kappa shape index (κ1) is 12.6. The van der Waals surface area contributed by atoms with Crippen LogP contribution in [0.1, 0.15) is 22.4 Å². The summed E-state index contributed by atoms with van der Waals surface area (Å²) in [5.41, 5.74) is 4.92. The zero-order valence-corrected chi connectivity index (χ0v) is 11.3. The molecular formula is C14H19N3O. The van der Waals surface area contributed by atoms with Gasteiger partial charge in [0.1, 0.15) is 0 Å². The standard InChI is InChI=1S/C14H19N3O/c1-9-5-10(2)7-12(6-9)17-14(18)13(8-15-4)11(3)16-17/h5-7,15-16H,8H2,1-4H3. The third-order valence-electron chi connectivity index (χ3n) is 3.01. The number of aromatic amines is 1. The Bertz CT molecular complexity index is 602. The van der Waals surface area contributed by atoms with Crippen LogP contribution in [0.3, 0.4) is 0 Å². The fourth-order valence-corrected chi connectivity index (χ4v) is 2.23. The predicted octanol–water partition coefficient (Wildman–Crippen LogP) is 1.81. The third-order valence-corrected chi connectivity index (χ3v) is 3.01. The van der Waals surface area contributed by atoms with Gasteiger partial charge in [-0.25, -0.2) is 4.68 Å². The van der Waals surface area contributed by atoms with E-state index in [0.29, 0.717) is 6.54 Å². The van der Waals surface area contributed by atoms with Gasteiger partial charge in [0, 0.05) is 12.2 Å². The van der Waals surface area contributed by atoms with Crippen LogP contribution in [0.4, 0.5) is 0 Å². The van der Waals surface area contributed by atoms with E-state index in [4.69, 9.17) is 0 Å². The largest absolute Gasteiger partial charge is 0.315 e. The Kier molecular flexibility index (Phi) is 3.39. The van der Waals surface area contributed by atoms with E-state index in [-0.39, 0.29) is 5.56 Å². The van der Waals surface area contributed by atoms with Crippen molar-refractivity contribution in [1.29, 1.82) is 0 Å². The maximum atomic E-state index is 12.3. The second-order valence-corrected chi connectivity index (χ2v) is 4.73. The van der Waals surface area contributed by atoms with Crippen LogP contribution in [-0.4, -0.2) is 16.8 Å². The Morgan fingerprint density at radius 2 is 1.78 bits per heavy atom. The molecule has 0 saturated carbocycles. The maximum Gasteiger partial charge on any atom is 0.275 e. The summed E-state index contributed by atoms with van der Waals surface area (Å²) in [6, 6.07) is 6.11. The zero-order chi connectivity index (χ0) is 13.3. The number of H-pyrrole nitrogens is 1. The van der Waals surface area contributed by atoms with Crippen molar-refractivity contribution in [1.82, 2.24) is 15.1 Å². The number of nitrogens with one attached hydrogen (secondary N) is 2. The van der Waals surface area contributed by atoms with Gasteiger partial charge in [0.05, 0.1) is 11.3 Å². The Labute approximate surface area is 107 Å². The summed E-state index contributed by atoms with van der Waals surface area (Å²) >= 11 is 0. The molecule has 1 aromatic heterocycles.